The second kappa shape index (κ2) is 16.7. The van der Waals surface area contributed by atoms with Gasteiger partial charge in [-0.3, -0.25) is 19.2 Å². The quantitative estimate of drug-likeness (QED) is 0.207. The van der Waals surface area contributed by atoms with Gasteiger partial charge in [-0.05, 0) is 17.7 Å². The summed E-state index contributed by atoms with van der Waals surface area (Å²) in [5.41, 5.74) is 15.7. The molecule has 202 valence electrons. The molecule has 0 aliphatic carbocycles. The molecular formula is C23H28FeN4O9. The number of aliphatic carboxylic acids is 4. The van der Waals surface area contributed by atoms with E-state index in [1.165, 1.54) is 5.56 Å². The van der Waals surface area contributed by atoms with E-state index in [1.54, 1.807) is 6.07 Å². The molecule has 1 aliphatic heterocycles. The smallest absolute Gasteiger partial charge is 0.321 e. The first-order valence-corrected chi connectivity index (χ1v) is 10.5. The molecule has 0 bridgehead atoms. The fraction of sp³-hybridized carbons (Fsp3) is 0.261. The van der Waals surface area contributed by atoms with Crippen LogP contribution in [0.4, 0.5) is 0 Å². The van der Waals surface area contributed by atoms with Gasteiger partial charge in [0.1, 0.15) is 17.8 Å². The molecule has 1 aliphatic rings. The summed E-state index contributed by atoms with van der Waals surface area (Å²) in [6.45, 7) is 0. The average Bonchev–Trinajstić information content (AvgIpc) is 3.30. The number of benzene rings is 2. The molecule has 0 amide bonds. The number of aromatic hydroxyl groups is 1. The van der Waals surface area contributed by atoms with Gasteiger partial charge < -0.3 is 42.4 Å². The van der Waals surface area contributed by atoms with E-state index in [0.29, 0.717) is 0 Å². The summed E-state index contributed by atoms with van der Waals surface area (Å²) in [5.74, 6) is -4.71. The summed E-state index contributed by atoms with van der Waals surface area (Å²) < 4.78 is 0. The second-order valence-corrected chi connectivity index (χ2v) is 7.46. The molecule has 13 nitrogen and oxygen atoms in total. The van der Waals surface area contributed by atoms with Crippen LogP contribution in [0.15, 0.2) is 59.7 Å². The maximum absolute atomic E-state index is 9.85. The molecule has 0 fully saturated rings. The SMILES string of the molecule is NC(CC(=O)O)C(=O)O.NC(CC(=O)O)C(=O)O.Oc1ccccc1C1=NNC(c2ccccc2)C1.[Fe]. The van der Waals surface area contributed by atoms with Gasteiger partial charge in [-0.2, -0.15) is 5.10 Å². The summed E-state index contributed by atoms with van der Waals surface area (Å²) in [6, 6.07) is 15.1. The summed E-state index contributed by atoms with van der Waals surface area (Å²) in [6.07, 6.45) is -0.272. The molecule has 14 heteroatoms. The topological polar surface area (TPSA) is 246 Å². The van der Waals surface area contributed by atoms with E-state index in [4.69, 9.17) is 31.9 Å². The van der Waals surface area contributed by atoms with Crippen molar-refractivity contribution in [3.8, 4) is 5.75 Å². The number of carboxylic acids is 4. The van der Waals surface area contributed by atoms with Gasteiger partial charge in [-0.25, -0.2) is 0 Å². The Balaban J connectivity index is 0.000000585. The van der Waals surface area contributed by atoms with E-state index >= 15 is 0 Å². The molecule has 1 heterocycles. The van der Waals surface area contributed by atoms with Crippen LogP contribution in [0.5, 0.6) is 5.75 Å². The maximum atomic E-state index is 9.85. The molecule has 3 atom stereocenters. The van der Waals surface area contributed by atoms with Crippen LogP contribution in [0.2, 0.25) is 0 Å². The van der Waals surface area contributed by atoms with Crippen LogP contribution in [0.1, 0.15) is 36.4 Å². The van der Waals surface area contributed by atoms with Gasteiger partial charge >= 0.3 is 23.9 Å². The normalized spacial score (nSPS) is 15.0. The van der Waals surface area contributed by atoms with Crippen molar-refractivity contribution in [2.24, 2.45) is 16.6 Å². The molecule has 2 aromatic carbocycles. The summed E-state index contributed by atoms with van der Waals surface area (Å²) in [7, 11) is 0. The Morgan fingerprint density at radius 3 is 1.70 bits per heavy atom. The van der Waals surface area contributed by atoms with Gasteiger partial charge in [-0.1, -0.05) is 42.5 Å². The van der Waals surface area contributed by atoms with Crippen molar-refractivity contribution in [3.05, 3.63) is 65.7 Å². The number of nitrogens with zero attached hydrogens (tertiary/aromatic N) is 1. The van der Waals surface area contributed by atoms with Crippen LogP contribution in [-0.2, 0) is 36.2 Å². The number of nitrogens with one attached hydrogen (secondary N) is 1. The average molecular weight is 560 g/mol. The summed E-state index contributed by atoms with van der Waals surface area (Å²) >= 11 is 0. The number of phenols is 1. The van der Waals surface area contributed by atoms with Gasteiger partial charge in [0.25, 0.3) is 0 Å². The Labute approximate surface area is 222 Å². The van der Waals surface area contributed by atoms with Crippen LogP contribution in [0, 0.1) is 0 Å². The zero-order valence-electron chi connectivity index (χ0n) is 19.4. The standard InChI is InChI=1S/C15H14N2O.2C4H7NO4.Fe/c18-15-9-5-4-8-12(15)14-10-13(16-17-14)11-6-2-1-3-7-11;2*5-2(4(8)9)1-3(6)7;/h1-9,13,16,18H,10H2;2*2H,1,5H2,(H,6,7)(H,8,9);. The minimum Gasteiger partial charge on any atom is -0.507 e. The van der Waals surface area contributed by atoms with Crippen LogP contribution in [-0.4, -0.2) is 67.2 Å². The summed E-state index contributed by atoms with van der Waals surface area (Å²) in [4.78, 5) is 39.2. The fourth-order valence-electron chi connectivity index (χ4n) is 2.76. The van der Waals surface area contributed by atoms with E-state index in [2.05, 4.69) is 22.7 Å². The minimum absolute atomic E-state index is 0. The van der Waals surface area contributed by atoms with Gasteiger partial charge in [-0.15, -0.1) is 0 Å². The molecule has 0 saturated heterocycles. The fourth-order valence-corrected chi connectivity index (χ4v) is 2.76. The van der Waals surface area contributed by atoms with Crippen molar-refractivity contribution in [2.75, 3.05) is 0 Å². The van der Waals surface area contributed by atoms with Crippen molar-refractivity contribution >= 4 is 29.6 Å². The predicted octanol–water partition coefficient (Wildman–Crippen LogP) is 0.574. The number of hydrogen-bond donors (Lipinski definition) is 8. The van der Waals surface area contributed by atoms with Gasteiger partial charge in [0, 0.05) is 29.1 Å². The van der Waals surface area contributed by atoms with Gasteiger partial charge in [0.15, 0.2) is 0 Å². The first kappa shape index (κ1) is 33.0. The third kappa shape index (κ3) is 12.5. The Morgan fingerprint density at radius 2 is 1.30 bits per heavy atom. The van der Waals surface area contributed by atoms with Gasteiger partial charge in [0.05, 0.1) is 24.6 Å². The van der Waals surface area contributed by atoms with Crippen LogP contribution in [0.25, 0.3) is 0 Å². The molecule has 0 spiro atoms. The molecule has 2 aromatic rings. The van der Waals surface area contributed by atoms with Crippen LogP contribution >= 0.6 is 0 Å². The van der Waals surface area contributed by atoms with Crippen molar-refractivity contribution in [3.63, 3.8) is 0 Å². The molecule has 10 N–H and O–H groups in total. The molecule has 0 aromatic heterocycles. The molecule has 0 saturated carbocycles. The van der Waals surface area contributed by atoms with E-state index < -0.39 is 48.8 Å². The van der Waals surface area contributed by atoms with E-state index in [9.17, 15) is 24.3 Å². The monoisotopic (exact) mass is 560 g/mol. The Kier molecular flexibility index (Phi) is 14.9. The number of phenolic OH excluding ortho intramolecular Hbond substituents is 1. The largest absolute Gasteiger partial charge is 0.507 e. The van der Waals surface area contributed by atoms with E-state index in [0.717, 1.165) is 17.7 Å². The Hall–Kier alpha value is -3.97. The second-order valence-electron chi connectivity index (χ2n) is 7.46. The number of nitrogens with two attached hydrogens (primary N) is 2. The molecule has 3 rings (SSSR count). The Morgan fingerprint density at radius 1 is 0.838 bits per heavy atom. The van der Waals surface area contributed by atoms with Gasteiger partial charge in [0.2, 0.25) is 0 Å². The van der Waals surface area contributed by atoms with Crippen molar-refractivity contribution in [1.29, 1.82) is 0 Å². The minimum atomic E-state index is -1.29. The van der Waals surface area contributed by atoms with Crippen LogP contribution < -0.4 is 16.9 Å². The first-order valence-electron chi connectivity index (χ1n) is 10.5. The van der Waals surface area contributed by atoms with Crippen molar-refractivity contribution in [1.82, 2.24) is 5.43 Å². The zero-order chi connectivity index (χ0) is 27.3. The zero-order valence-corrected chi connectivity index (χ0v) is 20.5. The third-order valence-electron chi connectivity index (χ3n) is 4.59. The van der Waals surface area contributed by atoms with Crippen molar-refractivity contribution < 1.29 is 61.8 Å². The molecule has 0 radical (unpaired) electrons. The predicted molar refractivity (Wildman–Crippen MR) is 127 cm³/mol. The molecule has 37 heavy (non-hydrogen) atoms. The first-order chi connectivity index (χ1) is 16.9. The number of carboxylic acid groups (broad SMARTS) is 4. The van der Waals surface area contributed by atoms with Crippen LogP contribution in [0.3, 0.4) is 0 Å². The number of carbonyl (C=O) groups is 4. The number of hydrazone groups is 1. The van der Waals surface area contributed by atoms with E-state index in [-0.39, 0.29) is 28.9 Å². The summed E-state index contributed by atoms with van der Waals surface area (Å²) in [5, 5.41) is 46.2. The molecular weight excluding hydrogens is 532 g/mol. The van der Waals surface area contributed by atoms with Crippen molar-refractivity contribution in [2.45, 2.75) is 37.4 Å². The third-order valence-corrected chi connectivity index (χ3v) is 4.59. The number of hydrogen-bond acceptors (Lipinski definition) is 9. The molecule has 3 unspecified atom stereocenters. The maximum Gasteiger partial charge on any atom is 0.321 e. The van der Waals surface area contributed by atoms with E-state index in [1.807, 2.05) is 36.4 Å². The Bertz CT molecular complexity index is 1050. The number of rotatable bonds is 8. The number of para-hydroxylation sites is 1.